The molecule has 2 aliphatic rings. The first-order valence-corrected chi connectivity index (χ1v) is 7.51. The molecular weight excluding hydrogens is 224 g/mol. The van der Waals surface area contributed by atoms with Gasteiger partial charge in [0.1, 0.15) is 0 Å². The standard InChI is InChI=1S/C15H28N2O/c1-15(2)7-4-8-17(11-15)14(18)13-6-3-5-12(9-13)10-16/h12-13H,3-11,16H2,1-2H3. The van der Waals surface area contributed by atoms with Gasteiger partial charge in [0.15, 0.2) is 0 Å². The van der Waals surface area contributed by atoms with Crippen LogP contribution in [0.3, 0.4) is 0 Å². The van der Waals surface area contributed by atoms with Crippen molar-refractivity contribution in [1.29, 1.82) is 0 Å². The van der Waals surface area contributed by atoms with E-state index in [4.69, 9.17) is 5.73 Å². The Morgan fingerprint density at radius 2 is 2.11 bits per heavy atom. The highest BCUT2D eigenvalue weighted by Gasteiger charge is 2.34. The lowest BCUT2D eigenvalue weighted by molar-refractivity contribution is -0.140. The molecule has 0 spiro atoms. The first kappa shape index (κ1) is 13.9. The molecule has 1 aliphatic carbocycles. The topological polar surface area (TPSA) is 46.3 Å². The van der Waals surface area contributed by atoms with Gasteiger partial charge in [-0.1, -0.05) is 20.3 Å². The molecule has 0 radical (unpaired) electrons. The molecule has 18 heavy (non-hydrogen) atoms. The van der Waals surface area contributed by atoms with Crippen molar-refractivity contribution in [3.63, 3.8) is 0 Å². The summed E-state index contributed by atoms with van der Waals surface area (Å²) in [5, 5.41) is 0. The summed E-state index contributed by atoms with van der Waals surface area (Å²) in [6.07, 6.45) is 6.89. The van der Waals surface area contributed by atoms with Crippen LogP contribution in [0.1, 0.15) is 52.4 Å². The van der Waals surface area contributed by atoms with E-state index in [-0.39, 0.29) is 5.92 Å². The molecule has 1 saturated carbocycles. The fourth-order valence-corrected chi connectivity index (χ4v) is 3.60. The first-order chi connectivity index (χ1) is 8.52. The molecule has 2 unspecified atom stereocenters. The van der Waals surface area contributed by atoms with Gasteiger partial charge in [0.05, 0.1) is 0 Å². The van der Waals surface area contributed by atoms with E-state index >= 15 is 0 Å². The lowest BCUT2D eigenvalue weighted by Gasteiger charge is -2.40. The van der Waals surface area contributed by atoms with E-state index in [2.05, 4.69) is 18.7 Å². The van der Waals surface area contributed by atoms with Gasteiger partial charge in [-0.2, -0.15) is 0 Å². The molecule has 1 amide bonds. The second kappa shape index (κ2) is 5.60. The van der Waals surface area contributed by atoms with Crippen LogP contribution in [0.5, 0.6) is 0 Å². The average molecular weight is 252 g/mol. The Bertz CT molecular complexity index is 301. The Kier molecular flexibility index (Phi) is 4.31. The minimum absolute atomic E-state index is 0.251. The molecule has 0 aromatic heterocycles. The van der Waals surface area contributed by atoms with E-state index in [1.54, 1.807) is 0 Å². The third kappa shape index (κ3) is 3.25. The molecule has 3 heteroatoms. The van der Waals surface area contributed by atoms with E-state index < -0.39 is 0 Å². The van der Waals surface area contributed by atoms with E-state index in [1.807, 2.05) is 0 Å². The number of nitrogens with two attached hydrogens (primary N) is 1. The Balaban J connectivity index is 1.94. The highest BCUT2D eigenvalue weighted by atomic mass is 16.2. The maximum Gasteiger partial charge on any atom is 0.225 e. The van der Waals surface area contributed by atoms with E-state index in [9.17, 15) is 4.79 Å². The second-order valence-corrected chi connectivity index (χ2v) is 6.99. The van der Waals surface area contributed by atoms with Crippen LogP contribution in [0.4, 0.5) is 0 Å². The Hall–Kier alpha value is -0.570. The average Bonchev–Trinajstić information content (AvgIpc) is 2.37. The zero-order valence-corrected chi connectivity index (χ0v) is 12.0. The van der Waals surface area contributed by atoms with Crippen LogP contribution in [0.2, 0.25) is 0 Å². The third-order valence-corrected chi connectivity index (χ3v) is 4.68. The van der Waals surface area contributed by atoms with Crippen molar-refractivity contribution in [3.05, 3.63) is 0 Å². The fourth-order valence-electron chi connectivity index (χ4n) is 3.60. The van der Waals surface area contributed by atoms with Gasteiger partial charge >= 0.3 is 0 Å². The Labute approximate surface area is 111 Å². The summed E-state index contributed by atoms with van der Waals surface area (Å²) in [7, 11) is 0. The van der Waals surface area contributed by atoms with Crippen LogP contribution in [0.25, 0.3) is 0 Å². The van der Waals surface area contributed by atoms with Crippen molar-refractivity contribution in [2.24, 2.45) is 23.0 Å². The number of hydrogen-bond donors (Lipinski definition) is 1. The van der Waals surface area contributed by atoms with Crippen LogP contribution >= 0.6 is 0 Å². The van der Waals surface area contributed by atoms with E-state index in [0.717, 1.165) is 38.9 Å². The summed E-state index contributed by atoms with van der Waals surface area (Å²) in [6, 6.07) is 0. The number of hydrogen-bond acceptors (Lipinski definition) is 2. The molecule has 1 saturated heterocycles. The molecular formula is C15H28N2O. The second-order valence-electron chi connectivity index (χ2n) is 6.99. The van der Waals surface area contributed by atoms with Gasteiger partial charge in [-0.25, -0.2) is 0 Å². The number of likely N-dealkylation sites (tertiary alicyclic amines) is 1. The summed E-state index contributed by atoms with van der Waals surface area (Å²) in [5.74, 6) is 1.23. The van der Waals surface area contributed by atoms with Crippen molar-refractivity contribution < 1.29 is 4.79 Å². The summed E-state index contributed by atoms with van der Waals surface area (Å²) in [4.78, 5) is 14.7. The van der Waals surface area contributed by atoms with Crippen LogP contribution in [0, 0.1) is 17.3 Å². The first-order valence-electron chi connectivity index (χ1n) is 7.51. The van der Waals surface area contributed by atoms with Gasteiger partial charge < -0.3 is 10.6 Å². The van der Waals surface area contributed by atoms with Crippen LogP contribution in [-0.4, -0.2) is 30.4 Å². The van der Waals surface area contributed by atoms with E-state index in [1.165, 1.54) is 19.3 Å². The molecule has 3 nitrogen and oxygen atoms in total. The predicted octanol–water partition coefficient (Wildman–Crippen LogP) is 2.40. The zero-order chi connectivity index (χ0) is 13.2. The molecule has 2 atom stereocenters. The number of carbonyl (C=O) groups excluding carboxylic acids is 1. The van der Waals surface area contributed by atoms with Crippen molar-refractivity contribution in [2.45, 2.75) is 52.4 Å². The maximum atomic E-state index is 12.6. The van der Waals surface area contributed by atoms with Crippen molar-refractivity contribution in [1.82, 2.24) is 4.90 Å². The maximum absolute atomic E-state index is 12.6. The van der Waals surface area contributed by atoms with Crippen molar-refractivity contribution >= 4 is 5.91 Å². The summed E-state index contributed by atoms with van der Waals surface area (Å²) in [5.41, 5.74) is 6.06. The smallest absolute Gasteiger partial charge is 0.225 e. The third-order valence-electron chi connectivity index (χ3n) is 4.68. The molecule has 2 fully saturated rings. The van der Waals surface area contributed by atoms with Crippen molar-refractivity contribution in [2.75, 3.05) is 19.6 Å². The van der Waals surface area contributed by atoms with Gasteiger partial charge in [-0.3, -0.25) is 4.79 Å². The largest absolute Gasteiger partial charge is 0.342 e. The minimum atomic E-state index is 0.251. The summed E-state index contributed by atoms with van der Waals surface area (Å²) >= 11 is 0. The van der Waals surface area contributed by atoms with E-state index in [0.29, 0.717) is 17.2 Å². The number of rotatable bonds is 2. The highest BCUT2D eigenvalue weighted by Crippen LogP contribution is 2.33. The van der Waals surface area contributed by atoms with Gasteiger partial charge in [0, 0.05) is 19.0 Å². The summed E-state index contributed by atoms with van der Waals surface area (Å²) in [6.45, 7) is 7.20. The Morgan fingerprint density at radius 1 is 1.33 bits per heavy atom. The summed E-state index contributed by atoms with van der Waals surface area (Å²) < 4.78 is 0. The van der Waals surface area contributed by atoms with Gasteiger partial charge in [-0.05, 0) is 50.0 Å². The van der Waals surface area contributed by atoms with Gasteiger partial charge in [0.2, 0.25) is 5.91 Å². The lowest BCUT2D eigenvalue weighted by Crippen LogP contribution is -2.47. The highest BCUT2D eigenvalue weighted by molar-refractivity contribution is 5.79. The molecule has 0 aromatic rings. The minimum Gasteiger partial charge on any atom is -0.342 e. The number of amides is 1. The predicted molar refractivity (Wildman–Crippen MR) is 74.1 cm³/mol. The van der Waals surface area contributed by atoms with Gasteiger partial charge in [-0.15, -0.1) is 0 Å². The SMILES string of the molecule is CC1(C)CCCN(C(=O)C2CCCC(CN)C2)C1. The number of nitrogens with zero attached hydrogens (tertiary/aromatic N) is 1. The van der Waals surface area contributed by atoms with Crippen LogP contribution in [-0.2, 0) is 4.79 Å². The number of carbonyl (C=O) groups is 1. The Morgan fingerprint density at radius 3 is 2.78 bits per heavy atom. The molecule has 2 N–H and O–H groups in total. The molecule has 104 valence electrons. The number of piperidine rings is 1. The van der Waals surface area contributed by atoms with Crippen LogP contribution < -0.4 is 5.73 Å². The molecule has 1 heterocycles. The molecule has 1 aliphatic heterocycles. The quantitative estimate of drug-likeness (QED) is 0.820. The monoisotopic (exact) mass is 252 g/mol. The molecule has 2 rings (SSSR count). The fraction of sp³-hybridized carbons (Fsp3) is 0.933. The molecule has 0 bridgehead atoms. The lowest BCUT2D eigenvalue weighted by atomic mass is 9.79. The van der Waals surface area contributed by atoms with Crippen molar-refractivity contribution in [3.8, 4) is 0 Å². The van der Waals surface area contributed by atoms with Gasteiger partial charge in [0.25, 0.3) is 0 Å². The molecule has 0 aromatic carbocycles. The normalized spacial score (nSPS) is 32.3. The van der Waals surface area contributed by atoms with Crippen LogP contribution in [0.15, 0.2) is 0 Å². The zero-order valence-electron chi connectivity index (χ0n) is 12.0.